The summed E-state index contributed by atoms with van der Waals surface area (Å²) in [4.78, 5) is 13.2. The Balaban J connectivity index is 1.44. The van der Waals surface area contributed by atoms with Crippen LogP contribution in [0.4, 0.5) is 5.69 Å². The summed E-state index contributed by atoms with van der Waals surface area (Å²) in [5.74, 6) is 0.808. The van der Waals surface area contributed by atoms with Crippen molar-refractivity contribution in [2.24, 2.45) is 0 Å². The molecule has 0 aromatic heterocycles. The average molecular weight is 668 g/mol. The smallest absolute Gasteiger partial charge is 0.260 e. The van der Waals surface area contributed by atoms with E-state index in [0.29, 0.717) is 11.5 Å². The van der Waals surface area contributed by atoms with Crippen molar-refractivity contribution in [1.82, 2.24) is 5.32 Å². The quantitative estimate of drug-likeness (QED) is 0.219. The van der Waals surface area contributed by atoms with Gasteiger partial charge in [-0.05, 0) is 98.6 Å². The van der Waals surface area contributed by atoms with Crippen molar-refractivity contribution in [1.29, 1.82) is 0 Å². The van der Waals surface area contributed by atoms with Crippen molar-refractivity contribution in [3.8, 4) is 5.75 Å². The van der Waals surface area contributed by atoms with E-state index in [0.717, 1.165) is 36.1 Å². The average Bonchev–Trinajstić information content (AvgIpc) is 3.12. The van der Waals surface area contributed by atoms with E-state index in [2.05, 4.69) is 87.0 Å². The number of aryl methyl sites for hydroxylation is 1. The molecule has 4 nitrogen and oxygen atoms in total. The molecule has 1 aliphatic rings. The summed E-state index contributed by atoms with van der Waals surface area (Å²) in [7, 11) is 0. The highest BCUT2D eigenvalue weighted by Gasteiger charge is 2.27. The Labute approximate surface area is 219 Å². The standard InChI is InChI=1S/C25H22I2N2O2S/c1-2-16-8-10-19(11-9-16)28-25-29-24(30)22(32-25)14-18-12-20(26)23(21(27)13-18)31-15-17-6-4-3-5-7-17/h3-14,25,28H,2,15H2,1H3,(H,29,30)/b22-14-/t25-/m1/s1. The molecule has 0 spiro atoms. The number of nitrogens with one attached hydrogen (secondary N) is 2. The van der Waals surface area contributed by atoms with E-state index in [1.54, 1.807) is 0 Å². The number of amides is 1. The maximum absolute atomic E-state index is 12.5. The minimum absolute atomic E-state index is 0.0629. The van der Waals surface area contributed by atoms with Crippen LogP contribution in [0.5, 0.6) is 5.75 Å². The second-order valence-corrected chi connectivity index (χ2v) is 10.7. The zero-order valence-corrected chi connectivity index (χ0v) is 22.5. The Kier molecular flexibility index (Phi) is 8.01. The van der Waals surface area contributed by atoms with Crippen molar-refractivity contribution in [3.05, 3.63) is 95.5 Å². The van der Waals surface area contributed by atoms with Gasteiger partial charge in [0, 0.05) is 5.69 Å². The van der Waals surface area contributed by atoms with Gasteiger partial charge in [0.25, 0.3) is 5.91 Å². The number of carbonyl (C=O) groups excluding carboxylic acids is 1. The topological polar surface area (TPSA) is 50.4 Å². The fourth-order valence-corrected chi connectivity index (χ4v) is 6.35. The maximum atomic E-state index is 12.5. The Bertz CT molecular complexity index is 1110. The molecule has 0 bridgehead atoms. The largest absolute Gasteiger partial charge is 0.487 e. The van der Waals surface area contributed by atoms with Crippen LogP contribution < -0.4 is 15.4 Å². The van der Waals surface area contributed by atoms with Crippen LogP contribution in [0, 0.1) is 7.14 Å². The number of rotatable bonds is 7. The molecule has 3 aromatic rings. The van der Waals surface area contributed by atoms with Crippen molar-refractivity contribution in [2.45, 2.75) is 25.4 Å². The Morgan fingerprint density at radius 1 is 1.03 bits per heavy atom. The van der Waals surface area contributed by atoms with Crippen LogP contribution in [0.15, 0.2) is 71.6 Å². The molecule has 164 valence electrons. The van der Waals surface area contributed by atoms with Crippen LogP contribution >= 0.6 is 56.9 Å². The summed E-state index contributed by atoms with van der Waals surface area (Å²) in [6, 6.07) is 22.5. The van der Waals surface area contributed by atoms with Crippen LogP contribution in [0.2, 0.25) is 0 Å². The fourth-order valence-electron chi connectivity index (χ4n) is 3.24. The van der Waals surface area contributed by atoms with Crippen molar-refractivity contribution in [3.63, 3.8) is 0 Å². The van der Waals surface area contributed by atoms with Gasteiger partial charge in [0.2, 0.25) is 0 Å². The molecular weight excluding hydrogens is 646 g/mol. The molecule has 1 heterocycles. The number of anilines is 1. The molecule has 32 heavy (non-hydrogen) atoms. The number of thioether (sulfide) groups is 1. The van der Waals surface area contributed by atoms with Crippen molar-refractivity contribution >= 4 is 74.6 Å². The summed E-state index contributed by atoms with van der Waals surface area (Å²) in [6.45, 7) is 2.66. The van der Waals surface area contributed by atoms with Gasteiger partial charge in [0.15, 0.2) is 5.50 Å². The van der Waals surface area contributed by atoms with E-state index in [4.69, 9.17) is 4.74 Å². The lowest BCUT2D eigenvalue weighted by Gasteiger charge is -2.13. The lowest BCUT2D eigenvalue weighted by atomic mass is 10.1. The van der Waals surface area contributed by atoms with Crippen LogP contribution in [0.1, 0.15) is 23.6 Å². The minimum atomic E-state index is -0.187. The fraction of sp³-hybridized carbons (Fsp3) is 0.160. The zero-order chi connectivity index (χ0) is 22.5. The van der Waals surface area contributed by atoms with E-state index in [9.17, 15) is 4.79 Å². The van der Waals surface area contributed by atoms with Crippen LogP contribution in [-0.2, 0) is 17.8 Å². The molecule has 0 radical (unpaired) electrons. The first-order valence-corrected chi connectivity index (χ1v) is 13.3. The summed E-state index contributed by atoms with van der Waals surface area (Å²) in [5, 5.41) is 6.37. The van der Waals surface area contributed by atoms with Gasteiger partial charge >= 0.3 is 0 Å². The summed E-state index contributed by atoms with van der Waals surface area (Å²) in [5.41, 5.74) is 4.21. The molecule has 3 aromatic carbocycles. The van der Waals surface area contributed by atoms with Gasteiger partial charge in [-0.15, -0.1) is 0 Å². The molecule has 1 aliphatic heterocycles. The highest BCUT2D eigenvalue weighted by molar-refractivity contribution is 14.1. The van der Waals surface area contributed by atoms with E-state index in [-0.39, 0.29) is 11.4 Å². The molecule has 1 fully saturated rings. The van der Waals surface area contributed by atoms with E-state index < -0.39 is 0 Å². The monoisotopic (exact) mass is 668 g/mol. The lowest BCUT2D eigenvalue weighted by molar-refractivity contribution is -0.116. The summed E-state index contributed by atoms with van der Waals surface area (Å²) < 4.78 is 8.11. The Morgan fingerprint density at radius 2 is 1.72 bits per heavy atom. The van der Waals surface area contributed by atoms with Gasteiger partial charge in [0.05, 0.1) is 12.0 Å². The van der Waals surface area contributed by atoms with Crippen molar-refractivity contribution < 1.29 is 9.53 Å². The molecule has 4 rings (SSSR count). The second-order valence-electron chi connectivity index (χ2n) is 7.26. The Morgan fingerprint density at radius 3 is 2.38 bits per heavy atom. The van der Waals surface area contributed by atoms with Gasteiger partial charge in [0.1, 0.15) is 12.4 Å². The molecule has 2 N–H and O–H groups in total. The number of carbonyl (C=O) groups is 1. The normalized spacial score (nSPS) is 16.8. The summed E-state index contributed by atoms with van der Waals surface area (Å²) in [6.07, 6.45) is 2.95. The van der Waals surface area contributed by atoms with E-state index in [1.807, 2.05) is 48.5 Å². The van der Waals surface area contributed by atoms with Gasteiger partial charge in [-0.25, -0.2) is 0 Å². The highest BCUT2D eigenvalue weighted by atomic mass is 127. The van der Waals surface area contributed by atoms with Crippen LogP contribution in [0.25, 0.3) is 6.08 Å². The first-order chi connectivity index (χ1) is 15.5. The van der Waals surface area contributed by atoms with E-state index >= 15 is 0 Å². The first-order valence-electron chi connectivity index (χ1n) is 10.2. The first kappa shape index (κ1) is 23.4. The second kappa shape index (κ2) is 10.9. The predicted molar refractivity (Wildman–Crippen MR) is 150 cm³/mol. The van der Waals surface area contributed by atoms with Gasteiger partial charge < -0.3 is 15.4 Å². The molecular formula is C25H22I2N2O2S. The Hall–Kier alpha value is -1.72. The molecule has 0 aliphatic carbocycles. The third-order valence-electron chi connectivity index (χ3n) is 4.94. The number of ether oxygens (including phenoxy) is 1. The van der Waals surface area contributed by atoms with Gasteiger partial charge in [-0.2, -0.15) is 0 Å². The third kappa shape index (κ3) is 5.99. The van der Waals surface area contributed by atoms with Gasteiger partial charge in [-0.3, -0.25) is 4.79 Å². The third-order valence-corrected chi connectivity index (χ3v) is 7.57. The lowest BCUT2D eigenvalue weighted by Crippen LogP contribution is -2.30. The zero-order valence-electron chi connectivity index (χ0n) is 17.4. The number of halogens is 2. The molecule has 0 unspecified atom stereocenters. The maximum Gasteiger partial charge on any atom is 0.260 e. The molecule has 1 atom stereocenters. The highest BCUT2D eigenvalue weighted by Crippen LogP contribution is 2.34. The van der Waals surface area contributed by atoms with E-state index in [1.165, 1.54) is 17.3 Å². The van der Waals surface area contributed by atoms with Crippen LogP contribution in [-0.4, -0.2) is 11.4 Å². The van der Waals surface area contributed by atoms with Crippen LogP contribution in [0.3, 0.4) is 0 Å². The summed E-state index contributed by atoms with van der Waals surface area (Å²) >= 11 is 6.08. The number of hydrogen-bond acceptors (Lipinski definition) is 4. The molecule has 1 amide bonds. The minimum Gasteiger partial charge on any atom is -0.487 e. The SMILES string of the molecule is CCc1ccc(N[C@@H]2NC(=O)/C(=C/c3cc(I)c(OCc4ccccc4)c(I)c3)S2)cc1. The molecule has 0 saturated carbocycles. The van der Waals surface area contributed by atoms with Gasteiger partial charge in [-0.1, -0.05) is 61.2 Å². The molecule has 7 heteroatoms. The predicted octanol–water partition coefficient (Wildman–Crippen LogP) is 6.64. The number of benzene rings is 3. The number of hydrogen-bond donors (Lipinski definition) is 2. The van der Waals surface area contributed by atoms with Crippen molar-refractivity contribution in [2.75, 3.05) is 5.32 Å². The molecule has 1 saturated heterocycles.